The van der Waals surface area contributed by atoms with Gasteiger partial charge in [-0.25, -0.2) is 4.79 Å². The molecule has 4 nitrogen and oxygen atoms in total. The van der Waals surface area contributed by atoms with E-state index in [2.05, 4.69) is 13.1 Å². The van der Waals surface area contributed by atoms with Crippen molar-refractivity contribution in [1.82, 2.24) is 0 Å². The Labute approximate surface area is 118 Å². The summed E-state index contributed by atoms with van der Waals surface area (Å²) in [4.78, 5) is 10.6. The van der Waals surface area contributed by atoms with Crippen molar-refractivity contribution in [2.75, 3.05) is 0 Å². The summed E-state index contributed by atoms with van der Waals surface area (Å²) in [6, 6.07) is 0.885. The second-order valence-electron chi connectivity index (χ2n) is 5.58. The predicted molar refractivity (Wildman–Crippen MR) is 79.5 cm³/mol. The highest BCUT2D eigenvalue weighted by atomic mass is 28.4. The van der Waals surface area contributed by atoms with Crippen molar-refractivity contribution in [1.29, 1.82) is 0 Å². The van der Waals surface area contributed by atoms with E-state index in [-0.39, 0.29) is 17.8 Å². The van der Waals surface area contributed by atoms with Gasteiger partial charge in [-0.1, -0.05) is 13.0 Å². The summed E-state index contributed by atoms with van der Waals surface area (Å²) >= 11 is 0. The molecule has 5 heteroatoms. The number of carbonyl (C=O) groups is 1. The molecule has 0 rings (SSSR count). The van der Waals surface area contributed by atoms with Gasteiger partial charge in [0.1, 0.15) is 0 Å². The molecule has 1 N–H and O–H groups in total. The van der Waals surface area contributed by atoms with Gasteiger partial charge in [0.15, 0.2) is 0 Å². The van der Waals surface area contributed by atoms with Gasteiger partial charge >= 0.3 is 14.5 Å². The Morgan fingerprint density at radius 3 is 2.00 bits per heavy atom. The van der Waals surface area contributed by atoms with Crippen molar-refractivity contribution >= 4 is 14.5 Å². The maximum atomic E-state index is 10.6. The monoisotopic (exact) mass is 288 g/mol. The summed E-state index contributed by atoms with van der Waals surface area (Å²) in [5.74, 6) is -0.906. The first-order chi connectivity index (χ1) is 8.66. The van der Waals surface area contributed by atoms with Gasteiger partial charge in [0.2, 0.25) is 0 Å². The van der Waals surface area contributed by atoms with E-state index in [1.807, 2.05) is 27.7 Å². The highest BCUT2D eigenvalue weighted by molar-refractivity contribution is 6.66. The zero-order valence-electron chi connectivity index (χ0n) is 12.9. The summed E-state index contributed by atoms with van der Waals surface area (Å²) in [5.41, 5.74) is 0.276. The van der Waals surface area contributed by atoms with Crippen molar-refractivity contribution in [3.63, 3.8) is 0 Å². The lowest BCUT2D eigenvalue weighted by Gasteiger charge is -2.31. The lowest BCUT2D eigenvalue weighted by molar-refractivity contribution is -0.132. The number of carboxylic acid groups (broad SMARTS) is 1. The van der Waals surface area contributed by atoms with Crippen LogP contribution < -0.4 is 0 Å². The van der Waals surface area contributed by atoms with Crippen LogP contribution in [0.3, 0.4) is 0 Å². The third kappa shape index (κ3) is 8.97. The van der Waals surface area contributed by atoms with E-state index in [0.717, 1.165) is 18.9 Å². The SMILES string of the molecule is C=C(CCCC[Si](C)(OC(C)C)OC(C)C)C(=O)O. The fourth-order valence-electron chi connectivity index (χ4n) is 2.03. The molecule has 0 unspecified atom stereocenters. The van der Waals surface area contributed by atoms with Crippen LogP contribution in [0.25, 0.3) is 0 Å². The summed E-state index contributed by atoms with van der Waals surface area (Å²) < 4.78 is 12.0. The predicted octanol–water partition coefficient (Wildman–Crippen LogP) is 3.72. The molecule has 0 bridgehead atoms. The van der Waals surface area contributed by atoms with Crippen molar-refractivity contribution < 1.29 is 18.8 Å². The minimum Gasteiger partial charge on any atom is -0.478 e. The average Bonchev–Trinajstić information content (AvgIpc) is 2.21. The number of aliphatic carboxylic acids is 1. The third-order valence-electron chi connectivity index (χ3n) is 2.63. The first kappa shape index (κ1) is 18.3. The van der Waals surface area contributed by atoms with Gasteiger partial charge < -0.3 is 14.0 Å². The Morgan fingerprint density at radius 2 is 1.63 bits per heavy atom. The zero-order chi connectivity index (χ0) is 15.1. The third-order valence-corrected chi connectivity index (χ3v) is 5.83. The van der Waals surface area contributed by atoms with Crippen LogP contribution >= 0.6 is 0 Å². The molecule has 112 valence electrons. The van der Waals surface area contributed by atoms with Crippen LogP contribution in [0.5, 0.6) is 0 Å². The molecule has 0 aliphatic heterocycles. The van der Waals surface area contributed by atoms with E-state index >= 15 is 0 Å². The fraction of sp³-hybridized carbons (Fsp3) is 0.786. The Hall–Kier alpha value is -0.653. The standard InChI is InChI=1S/C14H28O4Si/c1-11(2)17-19(6,18-12(3)4)10-8-7-9-13(5)14(15)16/h11-12H,5,7-10H2,1-4,6H3,(H,15,16). The summed E-state index contributed by atoms with van der Waals surface area (Å²) in [7, 11) is -2.15. The van der Waals surface area contributed by atoms with Crippen LogP contribution in [-0.4, -0.2) is 31.8 Å². The highest BCUT2D eigenvalue weighted by Gasteiger charge is 2.33. The fourth-order valence-corrected chi connectivity index (χ4v) is 5.21. The molecule has 0 aliphatic rings. The number of hydrogen-bond donors (Lipinski definition) is 1. The first-order valence-electron chi connectivity index (χ1n) is 6.93. The second kappa shape index (κ2) is 8.50. The number of hydrogen-bond acceptors (Lipinski definition) is 3. The quantitative estimate of drug-likeness (QED) is 0.378. The van der Waals surface area contributed by atoms with E-state index in [0.29, 0.717) is 6.42 Å². The summed E-state index contributed by atoms with van der Waals surface area (Å²) in [5, 5.41) is 8.74. The topological polar surface area (TPSA) is 55.8 Å². The summed E-state index contributed by atoms with van der Waals surface area (Å²) in [6.07, 6.45) is 2.57. The van der Waals surface area contributed by atoms with E-state index in [1.165, 1.54) is 0 Å². The molecule has 0 saturated carbocycles. The van der Waals surface area contributed by atoms with Gasteiger partial charge in [-0.15, -0.1) is 0 Å². The van der Waals surface area contributed by atoms with Crippen LogP contribution in [0, 0.1) is 0 Å². The number of carboxylic acids is 1. The molecule has 0 atom stereocenters. The largest absolute Gasteiger partial charge is 0.478 e. The van der Waals surface area contributed by atoms with Gasteiger partial charge in [-0.2, -0.15) is 0 Å². The Balaban J connectivity index is 4.19. The molecule has 0 fully saturated rings. The Kier molecular flexibility index (Phi) is 8.21. The summed E-state index contributed by atoms with van der Waals surface area (Å²) in [6.45, 7) is 13.7. The molecular weight excluding hydrogens is 260 g/mol. The molecule has 0 heterocycles. The van der Waals surface area contributed by atoms with Crippen LogP contribution in [0.15, 0.2) is 12.2 Å². The van der Waals surface area contributed by atoms with Crippen LogP contribution in [0.2, 0.25) is 12.6 Å². The maximum Gasteiger partial charge on any atom is 0.335 e. The van der Waals surface area contributed by atoms with E-state index < -0.39 is 14.5 Å². The number of unbranched alkanes of at least 4 members (excludes halogenated alkanes) is 1. The van der Waals surface area contributed by atoms with Gasteiger partial charge in [-0.05, 0) is 53.1 Å². The average molecular weight is 288 g/mol. The number of rotatable bonds is 10. The van der Waals surface area contributed by atoms with Crippen molar-refractivity contribution in [2.45, 2.75) is 71.8 Å². The van der Waals surface area contributed by atoms with Crippen LogP contribution in [-0.2, 0) is 13.6 Å². The van der Waals surface area contributed by atoms with E-state index in [1.54, 1.807) is 0 Å². The minimum absolute atomic E-state index is 0.157. The van der Waals surface area contributed by atoms with Gasteiger partial charge in [0.05, 0.1) is 0 Å². The van der Waals surface area contributed by atoms with Crippen LogP contribution in [0.1, 0.15) is 47.0 Å². The lowest BCUT2D eigenvalue weighted by atomic mass is 10.1. The minimum atomic E-state index is -2.15. The van der Waals surface area contributed by atoms with Crippen molar-refractivity contribution in [3.05, 3.63) is 12.2 Å². The normalized spacial score (nSPS) is 12.2. The highest BCUT2D eigenvalue weighted by Crippen LogP contribution is 2.22. The molecule has 0 aromatic rings. The molecule has 19 heavy (non-hydrogen) atoms. The Bertz CT molecular complexity index is 290. The van der Waals surface area contributed by atoms with E-state index in [4.69, 9.17) is 14.0 Å². The van der Waals surface area contributed by atoms with Gasteiger partial charge in [0, 0.05) is 17.8 Å². The second-order valence-corrected chi connectivity index (χ2v) is 8.82. The molecular formula is C14H28O4Si. The molecule has 0 aromatic heterocycles. The zero-order valence-corrected chi connectivity index (χ0v) is 13.9. The molecule has 0 spiro atoms. The smallest absolute Gasteiger partial charge is 0.335 e. The van der Waals surface area contributed by atoms with Gasteiger partial charge in [-0.3, -0.25) is 0 Å². The molecule has 0 aromatic carbocycles. The van der Waals surface area contributed by atoms with Crippen molar-refractivity contribution in [3.8, 4) is 0 Å². The van der Waals surface area contributed by atoms with E-state index in [9.17, 15) is 4.79 Å². The first-order valence-corrected chi connectivity index (χ1v) is 9.45. The molecule has 0 amide bonds. The van der Waals surface area contributed by atoms with Crippen molar-refractivity contribution in [2.24, 2.45) is 0 Å². The lowest BCUT2D eigenvalue weighted by Crippen LogP contribution is -2.42. The molecule has 0 saturated heterocycles. The Morgan fingerprint density at radius 1 is 1.16 bits per heavy atom. The van der Waals surface area contributed by atoms with Gasteiger partial charge in [0.25, 0.3) is 0 Å². The van der Waals surface area contributed by atoms with Crippen LogP contribution in [0.4, 0.5) is 0 Å². The molecule has 0 radical (unpaired) electrons. The molecule has 0 aliphatic carbocycles. The maximum absolute atomic E-state index is 10.6.